The van der Waals surface area contributed by atoms with Crippen LogP contribution in [0.15, 0.2) is 109 Å². The molecule has 0 radical (unpaired) electrons. The van der Waals surface area contributed by atoms with Crippen LogP contribution in [-0.2, 0) is 28.6 Å². The molecule has 1 unspecified atom stereocenters. The van der Waals surface area contributed by atoms with Crippen molar-refractivity contribution in [2.45, 2.75) is 245 Å². The van der Waals surface area contributed by atoms with Crippen molar-refractivity contribution in [3.8, 4) is 0 Å². The molecule has 0 rings (SSSR count). The first kappa shape index (κ1) is 63.1. The van der Waals surface area contributed by atoms with E-state index in [1.807, 2.05) is 72.9 Å². The van der Waals surface area contributed by atoms with E-state index in [2.05, 4.69) is 57.2 Å². The lowest BCUT2D eigenvalue weighted by Gasteiger charge is -2.18. The fraction of sp³-hybridized carbons (Fsp3) is 0.656. The van der Waals surface area contributed by atoms with Crippen molar-refractivity contribution < 1.29 is 28.6 Å². The Kier molecular flexibility index (Phi) is 51.5. The number of carbonyl (C=O) groups excluding carboxylic acids is 3. The first-order valence-electron chi connectivity index (χ1n) is 27.5. The summed E-state index contributed by atoms with van der Waals surface area (Å²) < 4.78 is 16.8. The second kappa shape index (κ2) is 54.7. The third kappa shape index (κ3) is 52.9. The van der Waals surface area contributed by atoms with Gasteiger partial charge in [-0.2, -0.15) is 0 Å². The Balaban J connectivity index is 4.51. The Morgan fingerprint density at radius 2 is 0.582 bits per heavy atom. The van der Waals surface area contributed by atoms with Crippen molar-refractivity contribution in [2.75, 3.05) is 13.2 Å². The Bertz CT molecular complexity index is 1390. The Hall–Kier alpha value is -3.93. The molecule has 0 N–H and O–H groups in total. The first-order valence-corrected chi connectivity index (χ1v) is 27.5. The van der Waals surface area contributed by atoms with Crippen LogP contribution in [0.1, 0.15) is 239 Å². The first-order chi connectivity index (χ1) is 33.0. The molecule has 0 fully saturated rings. The summed E-state index contributed by atoms with van der Waals surface area (Å²) in [5.74, 6) is -0.962. The molecule has 0 aromatic heterocycles. The van der Waals surface area contributed by atoms with Gasteiger partial charge in [-0.1, -0.05) is 265 Å². The van der Waals surface area contributed by atoms with Gasteiger partial charge in [0.25, 0.3) is 0 Å². The largest absolute Gasteiger partial charge is 0.462 e. The van der Waals surface area contributed by atoms with Gasteiger partial charge in [-0.15, -0.1) is 0 Å². The molecule has 0 heterocycles. The highest BCUT2D eigenvalue weighted by atomic mass is 16.6. The fourth-order valence-corrected chi connectivity index (χ4v) is 7.36. The number of unbranched alkanes of at least 4 members (excludes halogenated alkanes) is 26. The summed E-state index contributed by atoms with van der Waals surface area (Å²) in [7, 11) is 0. The van der Waals surface area contributed by atoms with Crippen LogP contribution in [0.25, 0.3) is 0 Å². The number of ether oxygens (including phenoxy) is 3. The van der Waals surface area contributed by atoms with E-state index < -0.39 is 6.10 Å². The molecular weight excluding hydrogens is 829 g/mol. The van der Waals surface area contributed by atoms with Gasteiger partial charge < -0.3 is 14.2 Å². The maximum Gasteiger partial charge on any atom is 0.306 e. The summed E-state index contributed by atoms with van der Waals surface area (Å²) in [6.07, 6.45) is 73.5. The van der Waals surface area contributed by atoms with E-state index in [4.69, 9.17) is 14.2 Å². The third-order valence-electron chi connectivity index (χ3n) is 11.5. The molecule has 6 heteroatoms. The maximum atomic E-state index is 12.8. The Morgan fingerprint density at radius 3 is 0.940 bits per heavy atom. The van der Waals surface area contributed by atoms with E-state index in [0.717, 1.165) is 89.9 Å². The summed E-state index contributed by atoms with van der Waals surface area (Å²) in [6, 6.07) is 0. The molecule has 0 bridgehead atoms. The lowest BCUT2D eigenvalue weighted by atomic mass is 10.0. The van der Waals surface area contributed by atoms with Gasteiger partial charge in [0.2, 0.25) is 0 Å². The molecule has 0 spiro atoms. The maximum absolute atomic E-state index is 12.8. The SMILES string of the molecule is CC\C=C/C=C\C=C/C=C\C=C\C=C/C=C\CCCCCC(=O)OCC(COC(=O)CCCCCCCCCCCCCC)OC(=O)CCCCCCC/C=C\C=C/CCCCCCCCC. The van der Waals surface area contributed by atoms with Crippen LogP contribution in [0.2, 0.25) is 0 Å². The van der Waals surface area contributed by atoms with E-state index in [9.17, 15) is 14.4 Å². The molecule has 0 aliphatic rings. The molecule has 0 aliphatic carbocycles. The Labute approximate surface area is 412 Å². The molecule has 67 heavy (non-hydrogen) atoms. The summed E-state index contributed by atoms with van der Waals surface area (Å²) in [5.41, 5.74) is 0. The average molecular weight is 929 g/mol. The number of hydrogen-bond donors (Lipinski definition) is 0. The van der Waals surface area contributed by atoms with Crippen molar-refractivity contribution in [1.82, 2.24) is 0 Å². The van der Waals surface area contributed by atoms with Crippen molar-refractivity contribution in [2.24, 2.45) is 0 Å². The van der Waals surface area contributed by atoms with Gasteiger partial charge in [0.05, 0.1) is 0 Å². The molecular formula is C61H100O6. The predicted octanol–water partition coefficient (Wildman–Crippen LogP) is 18.3. The molecule has 0 saturated heterocycles. The van der Waals surface area contributed by atoms with Gasteiger partial charge in [-0.25, -0.2) is 0 Å². The molecule has 0 aliphatic heterocycles. The minimum Gasteiger partial charge on any atom is -0.462 e. The fourth-order valence-electron chi connectivity index (χ4n) is 7.36. The van der Waals surface area contributed by atoms with Crippen LogP contribution < -0.4 is 0 Å². The highest BCUT2D eigenvalue weighted by Gasteiger charge is 2.19. The van der Waals surface area contributed by atoms with Crippen molar-refractivity contribution in [3.63, 3.8) is 0 Å². The quantitative estimate of drug-likeness (QED) is 0.0262. The average Bonchev–Trinajstić information content (AvgIpc) is 3.33. The van der Waals surface area contributed by atoms with Gasteiger partial charge in [-0.3, -0.25) is 14.4 Å². The third-order valence-corrected chi connectivity index (χ3v) is 11.5. The van der Waals surface area contributed by atoms with Crippen molar-refractivity contribution in [1.29, 1.82) is 0 Å². The van der Waals surface area contributed by atoms with E-state index >= 15 is 0 Å². The molecule has 0 aromatic rings. The van der Waals surface area contributed by atoms with Crippen LogP contribution >= 0.6 is 0 Å². The van der Waals surface area contributed by atoms with E-state index in [1.54, 1.807) is 0 Å². The summed E-state index contributed by atoms with van der Waals surface area (Å²) >= 11 is 0. The number of rotatable bonds is 48. The van der Waals surface area contributed by atoms with Crippen LogP contribution in [-0.4, -0.2) is 37.2 Å². The highest BCUT2D eigenvalue weighted by molar-refractivity contribution is 5.71. The highest BCUT2D eigenvalue weighted by Crippen LogP contribution is 2.15. The number of esters is 3. The number of carbonyl (C=O) groups is 3. The van der Waals surface area contributed by atoms with Gasteiger partial charge >= 0.3 is 17.9 Å². The molecule has 0 aromatic carbocycles. The zero-order valence-corrected chi connectivity index (χ0v) is 43.4. The smallest absolute Gasteiger partial charge is 0.306 e. The zero-order chi connectivity index (χ0) is 48.6. The van der Waals surface area contributed by atoms with Gasteiger partial charge in [0.1, 0.15) is 13.2 Å². The molecule has 6 nitrogen and oxygen atoms in total. The normalized spacial score (nSPS) is 12.9. The second-order valence-corrected chi connectivity index (χ2v) is 18.0. The molecule has 0 amide bonds. The van der Waals surface area contributed by atoms with Crippen LogP contribution in [0.3, 0.4) is 0 Å². The van der Waals surface area contributed by atoms with Crippen molar-refractivity contribution in [3.05, 3.63) is 109 Å². The van der Waals surface area contributed by atoms with E-state index in [-0.39, 0.29) is 31.1 Å². The lowest BCUT2D eigenvalue weighted by molar-refractivity contribution is -0.167. The van der Waals surface area contributed by atoms with Crippen LogP contribution in [0.5, 0.6) is 0 Å². The van der Waals surface area contributed by atoms with Gasteiger partial charge in [0, 0.05) is 19.3 Å². The molecule has 0 saturated carbocycles. The van der Waals surface area contributed by atoms with Crippen LogP contribution in [0.4, 0.5) is 0 Å². The number of allylic oxidation sites excluding steroid dienone is 18. The zero-order valence-electron chi connectivity index (χ0n) is 43.4. The monoisotopic (exact) mass is 929 g/mol. The van der Waals surface area contributed by atoms with Gasteiger partial charge in [0.15, 0.2) is 6.10 Å². The van der Waals surface area contributed by atoms with Crippen molar-refractivity contribution >= 4 is 17.9 Å². The molecule has 380 valence electrons. The van der Waals surface area contributed by atoms with E-state index in [0.29, 0.717) is 19.3 Å². The summed E-state index contributed by atoms with van der Waals surface area (Å²) in [6.45, 7) is 6.43. The standard InChI is InChI=1S/C61H100O6/c1-4-7-10-13-16-19-22-25-27-29-31-33-34-36-39-42-45-48-51-54-60(63)66-57-58(56-65-59(62)53-50-47-44-41-38-24-21-18-15-12-9-6-3)67-61(64)55-52-49-46-43-40-37-35-32-30-28-26-23-20-17-14-11-8-5-2/h7,10,13,16,19,22,25,27-36,39,58H,4-6,8-9,11-12,14-15,17-18,20-21,23-24,26,37-38,40-57H2,1-3H3/b10-7-,16-13-,22-19-,27-25-,30-28-,31-29+,34-33-,35-32-,39-36-. The summed E-state index contributed by atoms with van der Waals surface area (Å²) in [4.78, 5) is 38.1. The predicted molar refractivity (Wildman–Crippen MR) is 288 cm³/mol. The van der Waals surface area contributed by atoms with Gasteiger partial charge in [-0.05, 0) is 64.2 Å². The molecule has 1 atom stereocenters. The minimum atomic E-state index is -0.806. The Morgan fingerprint density at radius 1 is 0.313 bits per heavy atom. The topological polar surface area (TPSA) is 78.9 Å². The van der Waals surface area contributed by atoms with E-state index in [1.165, 1.54) is 109 Å². The minimum absolute atomic E-state index is 0.0994. The number of hydrogen-bond acceptors (Lipinski definition) is 6. The van der Waals surface area contributed by atoms with Crippen LogP contribution in [0, 0.1) is 0 Å². The summed E-state index contributed by atoms with van der Waals surface area (Å²) in [5, 5.41) is 0. The second-order valence-electron chi connectivity index (χ2n) is 18.0. The lowest BCUT2D eigenvalue weighted by Crippen LogP contribution is -2.30.